The quantitative estimate of drug-likeness (QED) is 0.501. The number of hydrogen-bond donors (Lipinski definition) is 2. The van der Waals surface area contributed by atoms with E-state index in [1.165, 1.54) is 12.0 Å². The van der Waals surface area contributed by atoms with Gasteiger partial charge in [0.2, 0.25) is 11.8 Å². The zero-order valence-corrected chi connectivity index (χ0v) is 21.6. The second kappa shape index (κ2) is 13.0. The third-order valence-corrected chi connectivity index (χ3v) is 4.87. The summed E-state index contributed by atoms with van der Waals surface area (Å²) in [5.74, 6) is -1.45. The molecular weight excluding hydrogens is 438 g/mol. The van der Waals surface area contributed by atoms with E-state index >= 15 is 0 Å². The van der Waals surface area contributed by atoms with Gasteiger partial charge in [-0.25, -0.2) is 4.79 Å². The van der Waals surface area contributed by atoms with Crippen LogP contribution in [0.25, 0.3) is 0 Å². The standard InChI is InChI=1S/C25H39N3O6/c1-9-28(23(31)19(13-16(2)3)27-24(32)34-25(5,6)7)21(18-12-10-11-17(4)14-18)22(30)26-15-20(29)33-8/h10-12,14,16,19,21H,9,13,15H2,1-8H3,(H,26,30)(H,27,32). The molecule has 0 bridgehead atoms. The van der Waals surface area contributed by atoms with E-state index in [-0.39, 0.29) is 19.0 Å². The van der Waals surface area contributed by atoms with Gasteiger partial charge in [0, 0.05) is 6.54 Å². The van der Waals surface area contributed by atoms with Gasteiger partial charge in [-0.3, -0.25) is 14.4 Å². The molecule has 190 valence electrons. The average Bonchev–Trinajstić information content (AvgIpc) is 2.72. The Morgan fingerprint density at radius 2 is 1.76 bits per heavy atom. The van der Waals surface area contributed by atoms with Crippen molar-refractivity contribution in [3.8, 4) is 0 Å². The van der Waals surface area contributed by atoms with Crippen LogP contribution < -0.4 is 10.6 Å². The number of nitrogens with zero attached hydrogens (tertiary/aromatic N) is 1. The molecule has 34 heavy (non-hydrogen) atoms. The highest BCUT2D eigenvalue weighted by Crippen LogP contribution is 2.24. The molecule has 0 fully saturated rings. The molecule has 0 spiro atoms. The molecule has 1 rings (SSSR count). The Bertz CT molecular complexity index is 862. The second-order valence-electron chi connectivity index (χ2n) is 9.56. The van der Waals surface area contributed by atoms with Gasteiger partial charge in [0.15, 0.2) is 0 Å². The van der Waals surface area contributed by atoms with Crippen LogP contribution in [0.5, 0.6) is 0 Å². The molecule has 0 aliphatic rings. The number of hydrogen-bond acceptors (Lipinski definition) is 6. The van der Waals surface area contributed by atoms with Crippen molar-refractivity contribution in [2.45, 2.75) is 72.6 Å². The summed E-state index contributed by atoms with van der Waals surface area (Å²) in [6.07, 6.45) is -0.344. The Kier molecular flexibility index (Phi) is 11.0. The number of ether oxygens (including phenoxy) is 2. The molecule has 0 saturated carbocycles. The number of aryl methyl sites for hydroxylation is 1. The van der Waals surface area contributed by atoms with Gasteiger partial charge >= 0.3 is 12.1 Å². The minimum Gasteiger partial charge on any atom is -0.468 e. The van der Waals surface area contributed by atoms with Gasteiger partial charge < -0.3 is 25.0 Å². The lowest BCUT2D eigenvalue weighted by Gasteiger charge is -2.34. The van der Waals surface area contributed by atoms with Gasteiger partial charge in [-0.15, -0.1) is 0 Å². The number of nitrogens with one attached hydrogen (secondary N) is 2. The van der Waals surface area contributed by atoms with E-state index in [2.05, 4.69) is 15.4 Å². The van der Waals surface area contributed by atoms with Crippen LogP contribution in [0.3, 0.4) is 0 Å². The Morgan fingerprint density at radius 3 is 2.26 bits per heavy atom. The zero-order valence-electron chi connectivity index (χ0n) is 21.6. The van der Waals surface area contributed by atoms with Gasteiger partial charge in [-0.2, -0.15) is 0 Å². The summed E-state index contributed by atoms with van der Waals surface area (Å²) in [7, 11) is 1.23. The molecule has 1 aromatic carbocycles. The molecule has 3 amide bonds. The molecule has 2 atom stereocenters. The topological polar surface area (TPSA) is 114 Å². The van der Waals surface area contributed by atoms with Crippen LogP contribution in [0.2, 0.25) is 0 Å². The van der Waals surface area contributed by atoms with Crippen molar-refractivity contribution in [3.05, 3.63) is 35.4 Å². The van der Waals surface area contributed by atoms with Crippen LogP contribution in [-0.2, 0) is 23.9 Å². The lowest BCUT2D eigenvalue weighted by molar-refractivity contribution is -0.144. The van der Waals surface area contributed by atoms with Crippen LogP contribution in [0.4, 0.5) is 4.79 Å². The number of amides is 3. The SMILES string of the molecule is CCN(C(=O)C(CC(C)C)NC(=O)OC(C)(C)C)C(C(=O)NCC(=O)OC)c1cccc(C)c1. The lowest BCUT2D eigenvalue weighted by Crippen LogP contribution is -2.53. The van der Waals surface area contributed by atoms with Crippen molar-refractivity contribution in [1.82, 2.24) is 15.5 Å². The summed E-state index contributed by atoms with van der Waals surface area (Å²) in [5.41, 5.74) is 0.785. The highest BCUT2D eigenvalue weighted by Gasteiger charge is 2.36. The minimum atomic E-state index is -1.00. The van der Waals surface area contributed by atoms with Gasteiger partial charge in [0.05, 0.1) is 7.11 Å². The summed E-state index contributed by atoms with van der Waals surface area (Å²) in [4.78, 5) is 52.4. The fourth-order valence-electron chi connectivity index (χ4n) is 3.45. The first kappa shape index (κ1) is 28.9. The van der Waals surface area contributed by atoms with Crippen LogP contribution in [-0.4, -0.2) is 60.6 Å². The molecule has 0 saturated heterocycles. The Balaban J connectivity index is 3.33. The third-order valence-electron chi connectivity index (χ3n) is 4.87. The molecule has 2 N–H and O–H groups in total. The maximum atomic E-state index is 13.7. The van der Waals surface area contributed by atoms with Gasteiger partial charge in [-0.1, -0.05) is 43.7 Å². The number of rotatable bonds is 10. The van der Waals surface area contributed by atoms with Crippen molar-refractivity contribution in [1.29, 1.82) is 0 Å². The van der Waals surface area contributed by atoms with Crippen molar-refractivity contribution in [2.75, 3.05) is 20.2 Å². The van der Waals surface area contributed by atoms with Crippen molar-refractivity contribution in [2.24, 2.45) is 5.92 Å². The first-order chi connectivity index (χ1) is 15.8. The van der Waals surface area contributed by atoms with Crippen LogP contribution >= 0.6 is 0 Å². The number of benzene rings is 1. The molecule has 0 heterocycles. The van der Waals surface area contributed by atoms with E-state index in [9.17, 15) is 19.2 Å². The predicted octanol–water partition coefficient (Wildman–Crippen LogP) is 3.11. The maximum absolute atomic E-state index is 13.7. The largest absolute Gasteiger partial charge is 0.468 e. The van der Waals surface area contributed by atoms with Gasteiger partial charge in [0.1, 0.15) is 24.2 Å². The van der Waals surface area contributed by atoms with Crippen molar-refractivity contribution >= 4 is 23.9 Å². The Hall–Kier alpha value is -3.10. The molecule has 1 aromatic rings. The molecule has 0 radical (unpaired) electrons. The molecule has 9 heteroatoms. The second-order valence-corrected chi connectivity index (χ2v) is 9.56. The number of alkyl carbamates (subject to hydrolysis) is 1. The summed E-state index contributed by atoms with van der Waals surface area (Å²) in [5, 5.41) is 5.23. The smallest absolute Gasteiger partial charge is 0.408 e. The summed E-state index contributed by atoms with van der Waals surface area (Å²) in [6, 6.07) is 5.36. The summed E-state index contributed by atoms with van der Waals surface area (Å²) in [6.45, 7) is 12.6. The van der Waals surface area contributed by atoms with Gasteiger partial charge in [-0.05, 0) is 52.5 Å². The van der Waals surface area contributed by atoms with E-state index in [1.807, 2.05) is 32.9 Å². The fraction of sp³-hybridized carbons (Fsp3) is 0.600. The van der Waals surface area contributed by atoms with Gasteiger partial charge in [0.25, 0.3) is 0 Å². The number of methoxy groups -OCH3 is 1. The molecule has 2 unspecified atom stereocenters. The minimum absolute atomic E-state index is 0.0909. The summed E-state index contributed by atoms with van der Waals surface area (Å²) >= 11 is 0. The predicted molar refractivity (Wildman–Crippen MR) is 129 cm³/mol. The first-order valence-electron chi connectivity index (χ1n) is 11.5. The van der Waals surface area contributed by atoms with Crippen LogP contribution in [0.15, 0.2) is 24.3 Å². The van der Waals surface area contributed by atoms with Crippen LogP contribution in [0.1, 0.15) is 65.1 Å². The number of likely N-dealkylation sites (N-methyl/N-ethyl adjacent to an activating group) is 1. The molecular formula is C25H39N3O6. The molecule has 0 aliphatic carbocycles. The zero-order chi connectivity index (χ0) is 26.1. The number of esters is 1. The van der Waals surface area contributed by atoms with E-state index in [0.717, 1.165) is 5.56 Å². The summed E-state index contributed by atoms with van der Waals surface area (Å²) < 4.78 is 9.96. The van der Waals surface area contributed by atoms with E-state index in [4.69, 9.17) is 4.74 Å². The average molecular weight is 478 g/mol. The van der Waals surface area contributed by atoms with E-state index in [0.29, 0.717) is 12.0 Å². The molecule has 0 aliphatic heterocycles. The molecule has 0 aromatic heterocycles. The number of carbonyl (C=O) groups excluding carboxylic acids is 4. The van der Waals surface area contributed by atoms with Crippen molar-refractivity contribution < 1.29 is 28.7 Å². The lowest BCUT2D eigenvalue weighted by atomic mass is 9.98. The third kappa shape index (κ3) is 9.41. The monoisotopic (exact) mass is 477 g/mol. The van der Waals surface area contributed by atoms with Crippen molar-refractivity contribution in [3.63, 3.8) is 0 Å². The van der Waals surface area contributed by atoms with E-state index in [1.54, 1.807) is 39.8 Å². The fourth-order valence-corrected chi connectivity index (χ4v) is 3.45. The number of carbonyl (C=O) groups is 4. The first-order valence-corrected chi connectivity index (χ1v) is 11.5. The van der Waals surface area contributed by atoms with Crippen LogP contribution in [0, 0.1) is 12.8 Å². The molecule has 9 nitrogen and oxygen atoms in total. The normalized spacial score (nSPS) is 13.0. The Morgan fingerprint density at radius 1 is 1.12 bits per heavy atom. The Labute approximate surface area is 202 Å². The van der Waals surface area contributed by atoms with E-state index < -0.39 is 41.6 Å². The highest BCUT2D eigenvalue weighted by molar-refractivity contribution is 5.93. The highest BCUT2D eigenvalue weighted by atomic mass is 16.6. The maximum Gasteiger partial charge on any atom is 0.408 e.